The quantitative estimate of drug-likeness (QED) is 0.831. The summed E-state index contributed by atoms with van der Waals surface area (Å²) in [4.78, 5) is 14.9. The van der Waals surface area contributed by atoms with Gasteiger partial charge < -0.3 is 9.52 Å². The molecule has 15 heavy (non-hydrogen) atoms. The van der Waals surface area contributed by atoms with Crippen molar-refractivity contribution in [3.8, 4) is 0 Å². The number of oxazole rings is 1. The zero-order valence-corrected chi connectivity index (χ0v) is 9.57. The van der Waals surface area contributed by atoms with Crippen molar-refractivity contribution in [2.45, 2.75) is 46.0 Å². The van der Waals surface area contributed by atoms with Gasteiger partial charge in [0.15, 0.2) is 5.89 Å². The van der Waals surface area contributed by atoms with Crippen LogP contribution in [0, 0.1) is 0 Å². The van der Waals surface area contributed by atoms with E-state index in [4.69, 9.17) is 9.52 Å². The van der Waals surface area contributed by atoms with Crippen LogP contribution in [-0.2, 0) is 11.2 Å². The van der Waals surface area contributed by atoms with E-state index in [-0.39, 0.29) is 18.3 Å². The zero-order chi connectivity index (χ0) is 11.6. The molecule has 0 unspecified atom stereocenters. The molecule has 0 atom stereocenters. The van der Waals surface area contributed by atoms with E-state index in [1.54, 1.807) is 0 Å². The van der Waals surface area contributed by atoms with Crippen molar-refractivity contribution in [1.29, 1.82) is 0 Å². The topological polar surface area (TPSA) is 63.3 Å². The third-order valence-corrected chi connectivity index (χ3v) is 2.08. The van der Waals surface area contributed by atoms with Crippen LogP contribution < -0.4 is 0 Å². The molecule has 0 aromatic carbocycles. The molecule has 1 N–H and O–H groups in total. The van der Waals surface area contributed by atoms with Gasteiger partial charge in [-0.15, -0.1) is 0 Å². The molecule has 0 aliphatic rings. The summed E-state index contributed by atoms with van der Waals surface area (Å²) in [6.45, 7) is 7.88. The second-order valence-electron chi connectivity index (χ2n) is 4.24. The Labute approximate surface area is 89.3 Å². The van der Waals surface area contributed by atoms with Crippen molar-refractivity contribution in [2.75, 3.05) is 0 Å². The van der Waals surface area contributed by atoms with E-state index in [1.165, 1.54) is 0 Å². The summed E-state index contributed by atoms with van der Waals surface area (Å²) in [6, 6.07) is 0. The van der Waals surface area contributed by atoms with Crippen LogP contribution in [-0.4, -0.2) is 16.1 Å². The summed E-state index contributed by atoms with van der Waals surface area (Å²) >= 11 is 0. The summed E-state index contributed by atoms with van der Waals surface area (Å²) in [7, 11) is 0. The SMILES string of the molecule is CC(C)c1nc(CC(=O)O)c(C(C)C)o1. The first kappa shape index (κ1) is 11.8. The largest absolute Gasteiger partial charge is 0.481 e. The van der Waals surface area contributed by atoms with Crippen LogP contribution in [0.4, 0.5) is 0 Å². The molecule has 0 aliphatic carbocycles. The highest BCUT2D eigenvalue weighted by Crippen LogP contribution is 2.24. The van der Waals surface area contributed by atoms with E-state index in [0.717, 1.165) is 0 Å². The lowest BCUT2D eigenvalue weighted by Crippen LogP contribution is -2.04. The molecule has 1 aromatic heterocycles. The van der Waals surface area contributed by atoms with Gasteiger partial charge in [0.1, 0.15) is 5.76 Å². The second kappa shape index (κ2) is 4.47. The minimum atomic E-state index is -0.875. The van der Waals surface area contributed by atoms with Gasteiger partial charge in [-0.1, -0.05) is 27.7 Å². The third-order valence-electron chi connectivity index (χ3n) is 2.08. The van der Waals surface area contributed by atoms with E-state index in [1.807, 2.05) is 27.7 Å². The van der Waals surface area contributed by atoms with Crippen molar-refractivity contribution in [2.24, 2.45) is 0 Å². The maximum absolute atomic E-state index is 10.6. The van der Waals surface area contributed by atoms with Crippen molar-refractivity contribution in [3.05, 3.63) is 17.3 Å². The molecule has 84 valence electrons. The van der Waals surface area contributed by atoms with Gasteiger partial charge in [-0.25, -0.2) is 4.98 Å². The number of carbonyl (C=O) groups is 1. The van der Waals surface area contributed by atoms with Crippen LogP contribution in [0.3, 0.4) is 0 Å². The van der Waals surface area contributed by atoms with Gasteiger partial charge in [-0.3, -0.25) is 4.79 Å². The molecule has 0 radical (unpaired) electrons. The molecule has 0 spiro atoms. The Balaban J connectivity index is 3.05. The molecule has 0 bridgehead atoms. The molecule has 0 fully saturated rings. The summed E-state index contributed by atoms with van der Waals surface area (Å²) in [5.41, 5.74) is 0.557. The summed E-state index contributed by atoms with van der Waals surface area (Å²) in [6.07, 6.45) is -0.0657. The number of aliphatic carboxylic acids is 1. The average molecular weight is 211 g/mol. The number of aromatic nitrogens is 1. The lowest BCUT2D eigenvalue weighted by Gasteiger charge is -2.01. The molecule has 1 aromatic rings. The number of hydrogen-bond acceptors (Lipinski definition) is 3. The molecule has 4 heteroatoms. The van der Waals surface area contributed by atoms with Gasteiger partial charge in [0.25, 0.3) is 0 Å². The molecule has 0 saturated carbocycles. The second-order valence-corrected chi connectivity index (χ2v) is 4.24. The minimum absolute atomic E-state index is 0.0657. The predicted molar refractivity (Wildman–Crippen MR) is 56.0 cm³/mol. The Morgan fingerprint density at radius 1 is 1.33 bits per heavy atom. The fraction of sp³-hybridized carbons (Fsp3) is 0.636. The first-order valence-corrected chi connectivity index (χ1v) is 5.13. The van der Waals surface area contributed by atoms with E-state index in [9.17, 15) is 4.79 Å². The highest BCUT2D eigenvalue weighted by atomic mass is 16.4. The van der Waals surface area contributed by atoms with Gasteiger partial charge in [0.2, 0.25) is 0 Å². The normalized spacial score (nSPS) is 11.3. The molecule has 4 nitrogen and oxygen atoms in total. The van der Waals surface area contributed by atoms with Crippen LogP contribution >= 0.6 is 0 Å². The third kappa shape index (κ3) is 2.81. The number of carboxylic acid groups (broad SMARTS) is 1. The first-order chi connectivity index (χ1) is 6.91. The van der Waals surface area contributed by atoms with E-state index < -0.39 is 5.97 Å². The number of carboxylic acids is 1. The van der Waals surface area contributed by atoms with Crippen molar-refractivity contribution < 1.29 is 14.3 Å². The Hall–Kier alpha value is -1.32. The fourth-order valence-electron chi connectivity index (χ4n) is 1.35. The zero-order valence-electron chi connectivity index (χ0n) is 9.57. The Morgan fingerprint density at radius 2 is 1.93 bits per heavy atom. The lowest BCUT2D eigenvalue weighted by molar-refractivity contribution is -0.136. The summed E-state index contributed by atoms with van der Waals surface area (Å²) < 4.78 is 5.56. The van der Waals surface area contributed by atoms with Gasteiger partial charge in [-0.2, -0.15) is 0 Å². The van der Waals surface area contributed by atoms with Crippen LogP contribution in [0.2, 0.25) is 0 Å². The number of hydrogen-bond donors (Lipinski definition) is 1. The summed E-state index contributed by atoms with van der Waals surface area (Å²) in [5.74, 6) is 0.793. The number of rotatable bonds is 4. The highest BCUT2D eigenvalue weighted by molar-refractivity contribution is 5.69. The van der Waals surface area contributed by atoms with Gasteiger partial charge in [-0.05, 0) is 0 Å². The summed E-state index contributed by atoms with van der Waals surface area (Å²) in [5, 5.41) is 8.74. The van der Waals surface area contributed by atoms with E-state index in [2.05, 4.69) is 4.98 Å². The van der Waals surface area contributed by atoms with E-state index >= 15 is 0 Å². The minimum Gasteiger partial charge on any atom is -0.481 e. The molecular formula is C11H17NO3. The fourth-order valence-corrected chi connectivity index (χ4v) is 1.35. The predicted octanol–water partition coefficient (Wildman–Crippen LogP) is 2.55. The monoisotopic (exact) mass is 211 g/mol. The van der Waals surface area contributed by atoms with E-state index in [0.29, 0.717) is 17.3 Å². The molecule has 1 heterocycles. The first-order valence-electron chi connectivity index (χ1n) is 5.13. The smallest absolute Gasteiger partial charge is 0.309 e. The Kier molecular flexibility index (Phi) is 3.50. The van der Waals surface area contributed by atoms with Crippen molar-refractivity contribution in [3.63, 3.8) is 0 Å². The maximum Gasteiger partial charge on any atom is 0.309 e. The van der Waals surface area contributed by atoms with Crippen LogP contribution in [0.25, 0.3) is 0 Å². The average Bonchev–Trinajstić information content (AvgIpc) is 2.46. The van der Waals surface area contributed by atoms with Gasteiger partial charge in [0.05, 0.1) is 12.1 Å². The maximum atomic E-state index is 10.6. The standard InChI is InChI=1S/C11H17NO3/c1-6(2)10-8(5-9(13)14)12-11(15-10)7(3)4/h6-7H,5H2,1-4H3,(H,13,14). The van der Waals surface area contributed by atoms with Crippen LogP contribution in [0.5, 0.6) is 0 Å². The Bertz CT molecular complexity index is 353. The molecule has 0 saturated heterocycles. The van der Waals surface area contributed by atoms with Crippen LogP contribution in [0.1, 0.15) is 56.9 Å². The Morgan fingerprint density at radius 3 is 2.33 bits per heavy atom. The molecular weight excluding hydrogens is 194 g/mol. The molecule has 1 rings (SSSR count). The lowest BCUT2D eigenvalue weighted by atomic mass is 10.1. The van der Waals surface area contributed by atoms with Gasteiger partial charge in [0, 0.05) is 11.8 Å². The molecule has 0 aliphatic heterocycles. The molecule has 0 amide bonds. The number of nitrogens with zero attached hydrogens (tertiary/aromatic N) is 1. The van der Waals surface area contributed by atoms with Gasteiger partial charge >= 0.3 is 5.97 Å². The van der Waals surface area contributed by atoms with Crippen LogP contribution in [0.15, 0.2) is 4.42 Å². The highest BCUT2D eigenvalue weighted by Gasteiger charge is 2.19. The van der Waals surface area contributed by atoms with Crippen molar-refractivity contribution >= 4 is 5.97 Å². The van der Waals surface area contributed by atoms with Crippen molar-refractivity contribution in [1.82, 2.24) is 4.98 Å².